The van der Waals surface area contributed by atoms with Crippen LogP contribution in [0.15, 0.2) is 0 Å². The van der Waals surface area contributed by atoms with Crippen LogP contribution in [0.3, 0.4) is 0 Å². The Kier molecular flexibility index (Phi) is 8.04. The Morgan fingerprint density at radius 2 is 1.74 bits per heavy atom. The fraction of sp³-hybridized carbons (Fsp3) is 1.00. The Morgan fingerprint density at radius 1 is 1.07 bits per heavy atom. The SMILES string of the molecule is C[C@H](O)CC[C@@H]1[C@@H](CO)C[C@H](O[C@@H]2O[C@H](CO)[C@@H](O)[C@H](O)[C@H]2O)CC1(C)C. The lowest BCUT2D eigenvalue weighted by Gasteiger charge is -2.49. The standard InChI is InChI=1S/C19H36O8/c1-10(22)4-5-13-11(8-20)6-12(7-19(13,2)3)26-18-17(25)16(24)15(23)14(9-21)27-18/h10-18,20-25H,4-9H2,1-3H3/t10-,11+,12-,13+,14+,15+,16-,17+,18+/m0/s1. The van der Waals surface area contributed by atoms with Gasteiger partial charge in [-0.3, -0.25) is 0 Å². The number of ether oxygens (including phenoxy) is 2. The van der Waals surface area contributed by atoms with Gasteiger partial charge in [-0.15, -0.1) is 0 Å². The van der Waals surface area contributed by atoms with Gasteiger partial charge in [-0.25, -0.2) is 0 Å². The second kappa shape index (κ2) is 9.45. The van der Waals surface area contributed by atoms with Gasteiger partial charge in [0.25, 0.3) is 0 Å². The van der Waals surface area contributed by atoms with Crippen LogP contribution in [0.25, 0.3) is 0 Å². The fourth-order valence-corrected chi connectivity index (χ4v) is 4.68. The van der Waals surface area contributed by atoms with E-state index in [1.807, 2.05) is 0 Å². The summed E-state index contributed by atoms with van der Waals surface area (Å²) in [7, 11) is 0. The summed E-state index contributed by atoms with van der Waals surface area (Å²) in [4.78, 5) is 0. The number of aliphatic hydroxyl groups is 6. The predicted molar refractivity (Wildman–Crippen MR) is 96.6 cm³/mol. The van der Waals surface area contributed by atoms with Gasteiger partial charge < -0.3 is 40.1 Å². The highest BCUT2D eigenvalue weighted by molar-refractivity contribution is 4.94. The highest BCUT2D eigenvalue weighted by atomic mass is 16.7. The molecule has 8 nitrogen and oxygen atoms in total. The van der Waals surface area contributed by atoms with E-state index in [1.54, 1.807) is 6.92 Å². The Morgan fingerprint density at radius 3 is 2.30 bits per heavy atom. The van der Waals surface area contributed by atoms with E-state index in [0.717, 1.165) is 6.42 Å². The summed E-state index contributed by atoms with van der Waals surface area (Å²) in [6.07, 6.45) is -4.44. The molecular formula is C19H36O8. The normalized spacial score (nSPS) is 43.4. The average Bonchev–Trinajstić information content (AvgIpc) is 2.59. The monoisotopic (exact) mass is 392 g/mol. The molecule has 0 spiro atoms. The maximum atomic E-state index is 10.2. The topological polar surface area (TPSA) is 140 Å². The van der Waals surface area contributed by atoms with E-state index in [1.165, 1.54) is 0 Å². The Hall–Kier alpha value is -0.320. The molecule has 1 aliphatic heterocycles. The summed E-state index contributed by atoms with van der Waals surface area (Å²) in [5.41, 5.74) is -0.153. The zero-order chi connectivity index (χ0) is 20.4. The molecule has 1 saturated heterocycles. The molecule has 1 aliphatic carbocycles. The van der Waals surface area contributed by atoms with Crippen molar-refractivity contribution in [2.75, 3.05) is 13.2 Å². The summed E-state index contributed by atoms with van der Waals surface area (Å²) < 4.78 is 11.4. The third-order valence-electron chi connectivity index (χ3n) is 6.20. The molecule has 0 amide bonds. The van der Waals surface area contributed by atoms with Crippen molar-refractivity contribution in [1.82, 2.24) is 0 Å². The number of rotatable bonds is 7. The third-order valence-corrected chi connectivity index (χ3v) is 6.20. The number of hydrogen-bond donors (Lipinski definition) is 6. The highest BCUT2D eigenvalue weighted by Gasteiger charge is 2.48. The van der Waals surface area contributed by atoms with Gasteiger partial charge in [0, 0.05) is 6.61 Å². The van der Waals surface area contributed by atoms with Crippen LogP contribution in [0.5, 0.6) is 0 Å². The van der Waals surface area contributed by atoms with Crippen LogP contribution >= 0.6 is 0 Å². The Balaban J connectivity index is 2.05. The molecule has 2 rings (SSSR count). The van der Waals surface area contributed by atoms with Crippen molar-refractivity contribution in [3.05, 3.63) is 0 Å². The van der Waals surface area contributed by atoms with Crippen LogP contribution in [0.1, 0.15) is 46.5 Å². The van der Waals surface area contributed by atoms with E-state index in [-0.39, 0.29) is 36.1 Å². The summed E-state index contributed by atoms with van der Waals surface area (Å²) in [6.45, 7) is 5.47. The van der Waals surface area contributed by atoms with Crippen LogP contribution in [-0.2, 0) is 9.47 Å². The van der Waals surface area contributed by atoms with Gasteiger partial charge in [-0.2, -0.15) is 0 Å². The highest BCUT2D eigenvalue weighted by Crippen LogP contribution is 2.47. The molecule has 0 aromatic carbocycles. The molecule has 1 heterocycles. The van der Waals surface area contributed by atoms with Crippen LogP contribution in [-0.4, -0.2) is 86.8 Å². The first-order valence-electron chi connectivity index (χ1n) is 9.85. The summed E-state index contributed by atoms with van der Waals surface area (Å²) >= 11 is 0. The van der Waals surface area contributed by atoms with Crippen molar-refractivity contribution in [2.45, 2.75) is 89.4 Å². The molecule has 2 aliphatic rings. The molecule has 0 bridgehead atoms. The van der Waals surface area contributed by atoms with Crippen LogP contribution in [0, 0.1) is 17.3 Å². The van der Waals surface area contributed by atoms with Crippen LogP contribution < -0.4 is 0 Å². The molecule has 8 heteroatoms. The molecule has 160 valence electrons. The molecule has 9 atom stereocenters. The summed E-state index contributed by atoms with van der Waals surface area (Å²) in [5.74, 6) is 0.217. The number of aliphatic hydroxyl groups excluding tert-OH is 6. The van der Waals surface area contributed by atoms with Crippen molar-refractivity contribution >= 4 is 0 Å². The molecule has 2 fully saturated rings. The molecule has 27 heavy (non-hydrogen) atoms. The second-order valence-corrected chi connectivity index (χ2v) is 8.86. The van der Waals surface area contributed by atoms with Crippen molar-refractivity contribution in [3.8, 4) is 0 Å². The molecule has 0 aromatic rings. The van der Waals surface area contributed by atoms with Crippen molar-refractivity contribution in [2.24, 2.45) is 17.3 Å². The van der Waals surface area contributed by atoms with Gasteiger partial charge in [0.05, 0.1) is 18.8 Å². The first-order valence-corrected chi connectivity index (χ1v) is 9.85. The molecular weight excluding hydrogens is 356 g/mol. The zero-order valence-electron chi connectivity index (χ0n) is 16.4. The van der Waals surface area contributed by atoms with E-state index < -0.39 is 37.3 Å². The van der Waals surface area contributed by atoms with Crippen molar-refractivity contribution < 1.29 is 40.1 Å². The molecule has 0 radical (unpaired) electrons. The summed E-state index contributed by atoms with van der Waals surface area (Å²) in [5, 5.41) is 58.8. The first-order chi connectivity index (χ1) is 12.6. The van der Waals surface area contributed by atoms with Gasteiger partial charge in [-0.05, 0) is 49.9 Å². The van der Waals surface area contributed by atoms with Gasteiger partial charge in [0.15, 0.2) is 6.29 Å². The molecule has 1 saturated carbocycles. The van der Waals surface area contributed by atoms with Gasteiger partial charge in [-0.1, -0.05) is 13.8 Å². The minimum atomic E-state index is -1.47. The molecule has 6 N–H and O–H groups in total. The molecule has 0 unspecified atom stereocenters. The lowest BCUT2D eigenvalue weighted by Crippen LogP contribution is -2.60. The first kappa shape index (κ1) is 23.0. The van der Waals surface area contributed by atoms with Crippen LogP contribution in [0.4, 0.5) is 0 Å². The maximum absolute atomic E-state index is 10.2. The third kappa shape index (κ3) is 5.39. The van der Waals surface area contributed by atoms with E-state index in [4.69, 9.17) is 9.47 Å². The van der Waals surface area contributed by atoms with Gasteiger partial charge in [0.2, 0.25) is 0 Å². The van der Waals surface area contributed by atoms with E-state index in [9.17, 15) is 30.6 Å². The fourth-order valence-electron chi connectivity index (χ4n) is 4.68. The minimum Gasteiger partial charge on any atom is -0.396 e. The quantitative estimate of drug-likeness (QED) is 0.337. The van der Waals surface area contributed by atoms with E-state index in [2.05, 4.69) is 13.8 Å². The van der Waals surface area contributed by atoms with Gasteiger partial charge >= 0.3 is 0 Å². The zero-order valence-corrected chi connectivity index (χ0v) is 16.4. The lowest BCUT2D eigenvalue weighted by atomic mass is 9.61. The molecule has 0 aromatic heterocycles. The van der Waals surface area contributed by atoms with E-state index in [0.29, 0.717) is 19.3 Å². The Bertz CT molecular complexity index is 455. The van der Waals surface area contributed by atoms with E-state index >= 15 is 0 Å². The largest absolute Gasteiger partial charge is 0.396 e. The smallest absolute Gasteiger partial charge is 0.186 e. The van der Waals surface area contributed by atoms with Gasteiger partial charge in [0.1, 0.15) is 24.4 Å². The average molecular weight is 392 g/mol. The predicted octanol–water partition coefficient (Wildman–Crippen LogP) is -0.623. The van der Waals surface area contributed by atoms with Crippen molar-refractivity contribution in [1.29, 1.82) is 0 Å². The summed E-state index contributed by atoms with van der Waals surface area (Å²) in [6, 6.07) is 0. The maximum Gasteiger partial charge on any atom is 0.186 e. The van der Waals surface area contributed by atoms with Crippen LogP contribution in [0.2, 0.25) is 0 Å². The minimum absolute atomic E-state index is 0.00243. The van der Waals surface area contributed by atoms with Crippen molar-refractivity contribution in [3.63, 3.8) is 0 Å². The lowest BCUT2D eigenvalue weighted by molar-refractivity contribution is -0.317. The number of hydrogen-bond acceptors (Lipinski definition) is 8. The second-order valence-electron chi connectivity index (χ2n) is 8.86. The Labute approximate surface area is 160 Å².